The molecule has 0 spiro atoms. The normalized spacial score (nSPS) is 12.0. The van der Waals surface area contributed by atoms with Gasteiger partial charge in [-0.1, -0.05) is 37.3 Å². The number of aryl methyl sites for hydroxylation is 1. The third-order valence-corrected chi connectivity index (χ3v) is 4.81. The second kappa shape index (κ2) is 8.30. The van der Waals surface area contributed by atoms with Crippen LogP contribution in [0, 0.1) is 12.8 Å². The van der Waals surface area contributed by atoms with Crippen LogP contribution in [-0.4, -0.2) is 12.9 Å². The van der Waals surface area contributed by atoms with Crippen molar-refractivity contribution in [1.82, 2.24) is 0 Å². The Bertz CT molecular complexity index is 1050. The number of hydrogen-bond acceptors (Lipinski definition) is 5. The van der Waals surface area contributed by atoms with Crippen LogP contribution in [0.25, 0.3) is 11.0 Å². The molecule has 0 fully saturated rings. The number of fused-ring (bicyclic) bond motifs is 1. The number of methoxy groups -OCH3 is 1. The third kappa shape index (κ3) is 4.09. The van der Waals surface area contributed by atoms with Crippen molar-refractivity contribution in [3.05, 3.63) is 69.6 Å². The summed E-state index contributed by atoms with van der Waals surface area (Å²) in [4.78, 5) is 24.6. The van der Waals surface area contributed by atoms with Crippen LogP contribution in [-0.2, 0) is 17.8 Å². The lowest BCUT2D eigenvalue weighted by atomic mass is 9.95. The Balaban J connectivity index is 2.19. The van der Waals surface area contributed by atoms with Gasteiger partial charge in [0.15, 0.2) is 5.43 Å². The van der Waals surface area contributed by atoms with E-state index in [0.29, 0.717) is 40.2 Å². The SMILES string of the molecule is COc1cc2oc(C)cc(=O)c2c(OCc2ccccc2)c1C[C@H](C)C(C)=O. The van der Waals surface area contributed by atoms with Crippen molar-refractivity contribution in [3.8, 4) is 11.5 Å². The second-order valence-corrected chi connectivity index (χ2v) is 6.97. The molecule has 0 aliphatic rings. The van der Waals surface area contributed by atoms with Crippen LogP contribution < -0.4 is 14.9 Å². The summed E-state index contributed by atoms with van der Waals surface area (Å²) in [5, 5.41) is 0.369. The Kier molecular flexibility index (Phi) is 5.83. The summed E-state index contributed by atoms with van der Waals surface area (Å²) in [5.41, 5.74) is 1.90. The number of carbonyl (C=O) groups excluding carboxylic acids is 1. The Morgan fingerprint density at radius 1 is 1.18 bits per heavy atom. The van der Waals surface area contributed by atoms with Gasteiger partial charge < -0.3 is 13.9 Å². The summed E-state index contributed by atoms with van der Waals surface area (Å²) in [7, 11) is 1.55. The maximum Gasteiger partial charge on any atom is 0.196 e. The molecule has 3 rings (SSSR count). The van der Waals surface area contributed by atoms with Gasteiger partial charge in [-0.05, 0) is 25.8 Å². The van der Waals surface area contributed by atoms with Gasteiger partial charge in [-0.25, -0.2) is 0 Å². The van der Waals surface area contributed by atoms with Gasteiger partial charge in [0.2, 0.25) is 0 Å². The van der Waals surface area contributed by atoms with E-state index in [1.165, 1.54) is 6.07 Å². The van der Waals surface area contributed by atoms with Crippen LogP contribution in [0.15, 0.2) is 51.7 Å². The molecule has 0 unspecified atom stereocenters. The average Bonchev–Trinajstić information content (AvgIpc) is 2.67. The van der Waals surface area contributed by atoms with Crippen molar-refractivity contribution in [2.24, 2.45) is 5.92 Å². The molecule has 5 nitrogen and oxygen atoms in total. The lowest BCUT2D eigenvalue weighted by Gasteiger charge is -2.19. The third-order valence-electron chi connectivity index (χ3n) is 4.81. The van der Waals surface area contributed by atoms with Crippen molar-refractivity contribution in [2.75, 3.05) is 7.11 Å². The highest BCUT2D eigenvalue weighted by atomic mass is 16.5. The van der Waals surface area contributed by atoms with Gasteiger partial charge in [0.1, 0.15) is 40.6 Å². The van der Waals surface area contributed by atoms with Gasteiger partial charge in [0.25, 0.3) is 0 Å². The molecule has 2 aromatic carbocycles. The van der Waals surface area contributed by atoms with Crippen molar-refractivity contribution >= 4 is 16.8 Å². The van der Waals surface area contributed by atoms with Gasteiger partial charge in [0.05, 0.1) is 7.11 Å². The van der Waals surface area contributed by atoms with Crippen molar-refractivity contribution < 1.29 is 18.7 Å². The van der Waals surface area contributed by atoms with Crippen LogP contribution >= 0.6 is 0 Å². The van der Waals surface area contributed by atoms with Gasteiger partial charge in [0, 0.05) is 23.6 Å². The molecule has 3 aromatic rings. The quantitative estimate of drug-likeness (QED) is 0.606. The van der Waals surface area contributed by atoms with Crippen molar-refractivity contribution in [1.29, 1.82) is 0 Å². The predicted molar refractivity (Wildman–Crippen MR) is 108 cm³/mol. The molecular formula is C23H24O5. The zero-order valence-electron chi connectivity index (χ0n) is 16.6. The fourth-order valence-electron chi connectivity index (χ4n) is 3.14. The minimum atomic E-state index is -0.233. The largest absolute Gasteiger partial charge is 0.496 e. The molecule has 0 aliphatic heterocycles. The van der Waals surface area contributed by atoms with Crippen LogP contribution in [0.2, 0.25) is 0 Å². The molecule has 146 valence electrons. The van der Waals surface area contributed by atoms with E-state index in [-0.39, 0.29) is 23.7 Å². The Morgan fingerprint density at radius 2 is 1.89 bits per heavy atom. The Hall–Kier alpha value is -3.08. The molecule has 1 atom stereocenters. The highest BCUT2D eigenvalue weighted by Gasteiger charge is 2.23. The molecule has 1 aromatic heterocycles. The number of ether oxygens (including phenoxy) is 2. The van der Waals surface area contributed by atoms with E-state index in [1.54, 1.807) is 27.0 Å². The van der Waals surface area contributed by atoms with Crippen molar-refractivity contribution in [3.63, 3.8) is 0 Å². The van der Waals surface area contributed by atoms with E-state index in [0.717, 1.165) is 5.56 Å². The second-order valence-electron chi connectivity index (χ2n) is 6.97. The predicted octanol–water partition coefficient (Wildman–Crippen LogP) is 4.46. The van der Waals surface area contributed by atoms with Crippen LogP contribution in [0.1, 0.15) is 30.7 Å². The highest BCUT2D eigenvalue weighted by Crippen LogP contribution is 2.38. The summed E-state index contributed by atoms with van der Waals surface area (Å²) in [5.74, 6) is 1.30. The molecule has 5 heteroatoms. The van der Waals surface area contributed by atoms with Gasteiger partial charge in [-0.3, -0.25) is 9.59 Å². The van der Waals surface area contributed by atoms with E-state index >= 15 is 0 Å². The van der Waals surface area contributed by atoms with Crippen molar-refractivity contribution in [2.45, 2.75) is 33.8 Å². The van der Waals surface area contributed by atoms with E-state index in [1.807, 2.05) is 37.3 Å². The number of rotatable bonds is 7. The van der Waals surface area contributed by atoms with Gasteiger partial charge >= 0.3 is 0 Å². The average molecular weight is 380 g/mol. The maximum absolute atomic E-state index is 12.8. The smallest absolute Gasteiger partial charge is 0.196 e. The van der Waals surface area contributed by atoms with Crippen LogP contribution in [0.5, 0.6) is 11.5 Å². The number of benzene rings is 2. The summed E-state index contributed by atoms with van der Waals surface area (Å²) in [6, 6.07) is 12.8. The van der Waals surface area contributed by atoms with Gasteiger partial charge in [-0.2, -0.15) is 0 Å². The first-order valence-corrected chi connectivity index (χ1v) is 9.22. The van der Waals surface area contributed by atoms with E-state index < -0.39 is 0 Å². The molecule has 0 radical (unpaired) electrons. The number of carbonyl (C=O) groups is 1. The molecule has 28 heavy (non-hydrogen) atoms. The molecular weight excluding hydrogens is 356 g/mol. The zero-order chi connectivity index (χ0) is 20.3. The standard InChI is InChI=1S/C23H24O5/c1-14(16(3)24)10-18-20(26-4)12-21-22(19(25)11-15(2)28-21)23(18)27-13-17-8-6-5-7-9-17/h5-9,11-12,14H,10,13H2,1-4H3/t14-/m0/s1. The number of ketones is 1. The zero-order valence-corrected chi connectivity index (χ0v) is 16.6. The van der Waals surface area contributed by atoms with E-state index in [4.69, 9.17) is 13.9 Å². The Labute approximate surface area is 163 Å². The summed E-state index contributed by atoms with van der Waals surface area (Å²) >= 11 is 0. The summed E-state index contributed by atoms with van der Waals surface area (Å²) in [6.45, 7) is 5.42. The molecule has 0 aliphatic carbocycles. The summed E-state index contributed by atoms with van der Waals surface area (Å²) < 4.78 is 17.4. The minimum absolute atomic E-state index is 0.0621. The molecule has 1 heterocycles. The first kappa shape index (κ1) is 19.7. The van der Waals surface area contributed by atoms with Gasteiger partial charge in [-0.15, -0.1) is 0 Å². The molecule has 0 saturated heterocycles. The number of Topliss-reactive ketones (excluding diaryl/α,β-unsaturated/α-hetero) is 1. The lowest BCUT2D eigenvalue weighted by molar-refractivity contribution is -0.120. The summed E-state index contributed by atoms with van der Waals surface area (Å²) in [6.07, 6.45) is 0.409. The first-order valence-electron chi connectivity index (χ1n) is 9.22. The van der Waals surface area contributed by atoms with Crippen LogP contribution in [0.3, 0.4) is 0 Å². The number of hydrogen-bond donors (Lipinski definition) is 0. The molecule has 0 N–H and O–H groups in total. The van der Waals surface area contributed by atoms with Crippen LogP contribution in [0.4, 0.5) is 0 Å². The maximum atomic E-state index is 12.8. The van der Waals surface area contributed by atoms with E-state index in [9.17, 15) is 9.59 Å². The topological polar surface area (TPSA) is 65.7 Å². The molecule has 0 bridgehead atoms. The van der Waals surface area contributed by atoms with E-state index in [2.05, 4.69) is 0 Å². The molecule has 0 amide bonds. The first-order chi connectivity index (χ1) is 13.4. The molecule has 0 saturated carbocycles. The highest BCUT2D eigenvalue weighted by molar-refractivity contribution is 5.88. The Morgan fingerprint density at radius 3 is 2.54 bits per heavy atom. The minimum Gasteiger partial charge on any atom is -0.496 e. The fraction of sp³-hybridized carbons (Fsp3) is 0.304. The lowest BCUT2D eigenvalue weighted by Crippen LogP contribution is -2.14. The monoisotopic (exact) mass is 380 g/mol. The fourth-order valence-corrected chi connectivity index (χ4v) is 3.14.